The highest BCUT2D eigenvalue weighted by atomic mass is 35.5. The van der Waals surface area contributed by atoms with E-state index in [0.717, 1.165) is 0 Å². The quantitative estimate of drug-likeness (QED) is 0.858. The van der Waals surface area contributed by atoms with Crippen LogP contribution < -0.4 is 0 Å². The van der Waals surface area contributed by atoms with E-state index in [0.29, 0.717) is 45.3 Å². The normalized spacial score (nSPS) is 23.6. The highest BCUT2D eigenvalue weighted by Crippen LogP contribution is 2.29. The average molecular weight is 387 g/mol. The van der Waals surface area contributed by atoms with Gasteiger partial charge in [-0.2, -0.15) is 4.31 Å². The molecule has 8 heteroatoms. The summed E-state index contributed by atoms with van der Waals surface area (Å²) >= 11 is 6.06. The fourth-order valence-corrected chi connectivity index (χ4v) is 5.52. The summed E-state index contributed by atoms with van der Waals surface area (Å²) in [7, 11) is -3.71. The molecule has 25 heavy (non-hydrogen) atoms. The van der Waals surface area contributed by atoms with Gasteiger partial charge in [-0.25, -0.2) is 8.42 Å². The van der Waals surface area contributed by atoms with Crippen LogP contribution in [0.1, 0.15) is 25.7 Å². The van der Waals surface area contributed by atoms with Crippen molar-refractivity contribution in [1.82, 2.24) is 9.21 Å². The predicted molar refractivity (Wildman–Crippen MR) is 94.8 cm³/mol. The molecule has 2 saturated heterocycles. The zero-order valence-electron chi connectivity index (χ0n) is 14.0. The second-order valence-electron chi connectivity index (χ2n) is 6.69. The topological polar surface area (TPSA) is 77.9 Å². The Morgan fingerprint density at radius 1 is 1.12 bits per heavy atom. The lowest BCUT2D eigenvalue weighted by Gasteiger charge is -2.36. The van der Waals surface area contributed by atoms with Crippen LogP contribution in [-0.2, 0) is 14.8 Å². The van der Waals surface area contributed by atoms with Crippen LogP contribution in [0.5, 0.6) is 0 Å². The van der Waals surface area contributed by atoms with Gasteiger partial charge in [0.1, 0.15) is 4.90 Å². The van der Waals surface area contributed by atoms with Crippen molar-refractivity contribution in [3.8, 4) is 0 Å². The Labute approximate surface area is 153 Å². The Balaban J connectivity index is 1.73. The third-order valence-electron chi connectivity index (χ3n) is 4.96. The van der Waals surface area contributed by atoms with Crippen molar-refractivity contribution in [3.05, 3.63) is 29.3 Å². The maximum atomic E-state index is 12.9. The van der Waals surface area contributed by atoms with Crippen LogP contribution in [0.4, 0.5) is 0 Å². The molecule has 0 aromatic heterocycles. The number of sulfonamides is 1. The van der Waals surface area contributed by atoms with Gasteiger partial charge in [0.05, 0.1) is 17.0 Å². The number of amides is 1. The van der Waals surface area contributed by atoms with Crippen LogP contribution in [0.15, 0.2) is 29.2 Å². The maximum absolute atomic E-state index is 12.9. The van der Waals surface area contributed by atoms with E-state index in [2.05, 4.69) is 0 Å². The number of nitrogens with zero attached hydrogens (tertiary/aromatic N) is 2. The Hall–Kier alpha value is -1.15. The van der Waals surface area contributed by atoms with E-state index in [1.54, 1.807) is 23.1 Å². The fourth-order valence-electron chi connectivity index (χ4n) is 3.50. The van der Waals surface area contributed by atoms with Gasteiger partial charge in [0, 0.05) is 26.2 Å². The molecule has 2 aliphatic rings. The van der Waals surface area contributed by atoms with Crippen LogP contribution in [0, 0.1) is 5.92 Å². The highest BCUT2D eigenvalue weighted by Gasteiger charge is 2.36. The minimum atomic E-state index is -3.71. The number of rotatable bonds is 3. The second kappa shape index (κ2) is 7.61. The number of hydrogen-bond acceptors (Lipinski definition) is 4. The summed E-state index contributed by atoms with van der Waals surface area (Å²) in [4.78, 5) is 14.6. The van der Waals surface area contributed by atoms with Crippen molar-refractivity contribution in [3.63, 3.8) is 0 Å². The zero-order chi connectivity index (χ0) is 18.0. The summed E-state index contributed by atoms with van der Waals surface area (Å²) in [5.41, 5.74) is 0. The molecule has 1 aromatic rings. The molecule has 0 radical (unpaired) electrons. The van der Waals surface area contributed by atoms with Gasteiger partial charge in [0.15, 0.2) is 0 Å². The van der Waals surface area contributed by atoms with E-state index in [-0.39, 0.29) is 34.4 Å². The Morgan fingerprint density at radius 3 is 2.48 bits per heavy atom. The minimum Gasteiger partial charge on any atom is -0.393 e. The molecular formula is C17H23ClN2O4S. The van der Waals surface area contributed by atoms with E-state index in [9.17, 15) is 18.3 Å². The first kappa shape index (κ1) is 18.6. The van der Waals surface area contributed by atoms with Crippen molar-refractivity contribution < 1.29 is 18.3 Å². The summed E-state index contributed by atoms with van der Waals surface area (Å²) in [6.45, 7) is 1.66. The number of halogens is 1. The molecule has 1 unspecified atom stereocenters. The molecule has 2 heterocycles. The van der Waals surface area contributed by atoms with Gasteiger partial charge < -0.3 is 10.0 Å². The molecule has 1 amide bonds. The van der Waals surface area contributed by atoms with Crippen molar-refractivity contribution in [2.45, 2.75) is 36.7 Å². The molecule has 6 nitrogen and oxygen atoms in total. The molecule has 0 spiro atoms. The smallest absolute Gasteiger partial charge is 0.244 e. The molecule has 1 atom stereocenters. The van der Waals surface area contributed by atoms with E-state index < -0.39 is 10.0 Å². The largest absolute Gasteiger partial charge is 0.393 e. The molecule has 0 bridgehead atoms. The first-order valence-corrected chi connectivity index (χ1v) is 10.4. The van der Waals surface area contributed by atoms with Gasteiger partial charge in [-0.15, -0.1) is 0 Å². The van der Waals surface area contributed by atoms with Gasteiger partial charge in [0.2, 0.25) is 15.9 Å². The molecule has 0 aliphatic carbocycles. The summed E-state index contributed by atoms with van der Waals surface area (Å²) in [5, 5.41) is 9.78. The van der Waals surface area contributed by atoms with Crippen LogP contribution in [0.25, 0.3) is 0 Å². The molecule has 2 aliphatic heterocycles. The molecule has 0 saturated carbocycles. The third kappa shape index (κ3) is 4.00. The van der Waals surface area contributed by atoms with Crippen LogP contribution in [0.3, 0.4) is 0 Å². The number of likely N-dealkylation sites (tertiary alicyclic amines) is 1. The van der Waals surface area contributed by atoms with Gasteiger partial charge in [-0.1, -0.05) is 23.7 Å². The molecule has 1 aromatic carbocycles. The fraction of sp³-hybridized carbons (Fsp3) is 0.588. The zero-order valence-corrected chi connectivity index (χ0v) is 15.5. The average Bonchev–Trinajstić information content (AvgIpc) is 2.62. The number of carbonyl (C=O) groups excluding carboxylic acids is 1. The summed E-state index contributed by atoms with van der Waals surface area (Å²) in [6, 6.07) is 6.38. The van der Waals surface area contributed by atoms with Crippen LogP contribution >= 0.6 is 11.6 Å². The van der Waals surface area contributed by atoms with E-state index in [1.807, 2.05) is 0 Å². The second-order valence-corrected chi connectivity index (χ2v) is 9.00. The molecular weight excluding hydrogens is 364 g/mol. The summed E-state index contributed by atoms with van der Waals surface area (Å²) in [5.74, 6) is -0.341. The Morgan fingerprint density at radius 2 is 1.80 bits per heavy atom. The van der Waals surface area contributed by atoms with E-state index in [4.69, 9.17) is 11.6 Å². The van der Waals surface area contributed by atoms with Gasteiger partial charge in [0.25, 0.3) is 0 Å². The number of hydrogen-bond donors (Lipinski definition) is 1. The van der Waals surface area contributed by atoms with Gasteiger partial charge in [-0.05, 0) is 37.8 Å². The van der Waals surface area contributed by atoms with Gasteiger partial charge >= 0.3 is 0 Å². The van der Waals surface area contributed by atoms with Crippen molar-refractivity contribution in [1.29, 1.82) is 0 Å². The first-order chi connectivity index (χ1) is 11.9. The summed E-state index contributed by atoms with van der Waals surface area (Å²) < 4.78 is 27.1. The van der Waals surface area contributed by atoms with Crippen LogP contribution in [0.2, 0.25) is 5.02 Å². The lowest BCUT2D eigenvalue weighted by atomic mass is 9.96. The Kier molecular flexibility index (Phi) is 5.68. The number of piperidine rings is 2. The first-order valence-electron chi connectivity index (χ1n) is 8.61. The summed E-state index contributed by atoms with van der Waals surface area (Å²) in [6.07, 6.45) is 2.16. The van der Waals surface area contributed by atoms with Crippen molar-refractivity contribution >= 4 is 27.5 Å². The predicted octanol–water partition coefficient (Wildman–Crippen LogP) is 1.72. The number of carbonyl (C=O) groups is 1. The maximum Gasteiger partial charge on any atom is 0.244 e. The minimum absolute atomic E-state index is 0.00837. The number of aliphatic hydroxyl groups excluding tert-OH is 1. The molecule has 1 N–H and O–H groups in total. The molecule has 3 rings (SSSR count). The SMILES string of the molecule is O=C(C1CCCN(S(=O)(=O)c2ccccc2Cl)C1)N1CCC(O)CC1. The monoisotopic (exact) mass is 386 g/mol. The molecule has 2 fully saturated rings. The van der Waals surface area contributed by atoms with Crippen molar-refractivity contribution in [2.24, 2.45) is 5.92 Å². The lowest BCUT2D eigenvalue weighted by molar-refractivity contribution is -0.138. The van der Waals surface area contributed by atoms with Crippen molar-refractivity contribution in [2.75, 3.05) is 26.2 Å². The lowest BCUT2D eigenvalue weighted by Crippen LogP contribution is -2.49. The van der Waals surface area contributed by atoms with E-state index in [1.165, 1.54) is 10.4 Å². The number of benzene rings is 1. The van der Waals surface area contributed by atoms with Gasteiger partial charge in [-0.3, -0.25) is 4.79 Å². The van der Waals surface area contributed by atoms with E-state index >= 15 is 0 Å². The number of aliphatic hydroxyl groups is 1. The third-order valence-corrected chi connectivity index (χ3v) is 7.33. The molecule has 138 valence electrons. The van der Waals surface area contributed by atoms with Crippen LogP contribution in [-0.4, -0.2) is 60.9 Å². The highest BCUT2D eigenvalue weighted by molar-refractivity contribution is 7.89. The Bertz CT molecular complexity index is 732. The standard InChI is InChI=1S/C17H23ClN2O4S/c18-15-5-1-2-6-16(15)25(23,24)20-9-3-4-13(12-20)17(22)19-10-7-14(21)8-11-19/h1-2,5-6,13-14,21H,3-4,7-12H2.